The predicted molar refractivity (Wildman–Crippen MR) is 69.8 cm³/mol. The van der Waals surface area contributed by atoms with Crippen LogP contribution in [0.2, 0.25) is 5.02 Å². The maximum absolute atomic E-state index is 6.06. The molecule has 1 aromatic rings. The Morgan fingerprint density at radius 2 is 2.19 bits per heavy atom. The van der Waals surface area contributed by atoms with Crippen LogP contribution in [0.25, 0.3) is 0 Å². The summed E-state index contributed by atoms with van der Waals surface area (Å²) in [6.07, 6.45) is 3.83. The molecular weight excluding hydrogens is 218 g/mol. The Hall–Kier alpha value is -0.530. The molecule has 0 spiro atoms. The molecule has 0 aliphatic heterocycles. The predicted octanol–water partition coefficient (Wildman–Crippen LogP) is 3.82. The van der Waals surface area contributed by atoms with Gasteiger partial charge in [0, 0.05) is 5.02 Å². The standard InChI is InChI=1S/C14H20ClN/c1-10-5-6-12(9-16)14(7-10)11-3-2-4-13(15)8-11/h2-4,8,10,12,14H,5-7,9,16H2,1H3. The quantitative estimate of drug-likeness (QED) is 0.832. The van der Waals surface area contributed by atoms with Crippen LogP contribution in [0.15, 0.2) is 24.3 Å². The van der Waals surface area contributed by atoms with Crippen LogP contribution in [0, 0.1) is 11.8 Å². The molecule has 1 aliphatic rings. The lowest BCUT2D eigenvalue weighted by Crippen LogP contribution is -2.28. The minimum atomic E-state index is 0.604. The lowest BCUT2D eigenvalue weighted by atomic mass is 9.72. The van der Waals surface area contributed by atoms with Gasteiger partial charge in [-0.05, 0) is 54.8 Å². The van der Waals surface area contributed by atoms with Crippen LogP contribution in [0.3, 0.4) is 0 Å². The average molecular weight is 238 g/mol. The van der Waals surface area contributed by atoms with Crippen molar-refractivity contribution >= 4 is 11.6 Å². The van der Waals surface area contributed by atoms with Gasteiger partial charge in [-0.3, -0.25) is 0 Å². The van der Waals surface area contributed by atoms with Gasteiger partial charge in [0.05, 0.1) is 0 Å². The summed E-state index contributed by atoms with van der Waals surface area (Å²) in [6, 6.07) is 8.28. The van der Waals surface area contributed by atoms with E-state index in [-0.39, 0.29) is 0 Å². The molecule has 2 N–H and O–H groups in total. The third kappa shape index (κ3) is 2.58. The Kier molecular flexibility index (Phi) is 3.88. The fourth-order valence-corrected chi connectivity index (χ4v) is 3.07. The number of benzene rings is 1. The Balaban J connectivity index is 2.22. The highest BCUT2D eigenvalue weighted by Gasteiger charge is 2.28. The van der Waals surface area contributed by atoms with Crippen LogP contribution < -0.4 is 5.73 Å². The van der Waals surface area contributed by atoms with Gasteiger partial charge in [-0.2, -0.15) is 0 Å². The van der Waals surface area contributed by atoms with E-state index in [0.29, 0.717) is 11.8 Å². The second-order valence-electron chi connectivity index (χ2n) is 5.08. The molecule has 1 fully saturated rings. The summed E-state index contributed by atoms with van der Waals surface area (Å²) in [5.74, 6) is 2.05. The average Bonchev–Trinajstić information content (AvgIpc) is 2.29. The summed E-state index contributed by atoms with van der Waals surface area (Å²) < 4.78 is 0. The van der Waals surface area contributed by atoms with Crippen molar-refractivity contribution in [3.8, 4) is 0 Å². The van der Waals surface area contributed by atoms with E-state index in [1.807, 2.05) is 12.1 Å². The first-order valence-electron chi connectivity index (χ1n) is 6.16. The minimum absolute atomic E-state index is 0.604. The van der Waals surface area contributed by atoms with Crippen molar-refractivity contribution in [3.05, 3.63) is 34.9 Å². The van der Waals surface area contributed by atoms with E-state index >= 15 is 0 Å². The van der Waals surface area contributed by atoms with Gasteiger partial charge in [0.2, 0.25) is 0 Å². The third-order valence-corrected chi connectivity index (χ3v) is 4.07. The van der Waals surface area contributed by atoms with Gasteiger partial charge in [-0.25, -0.2) is 0 Å². The topological polar surface area (TPSA) is 26.0 Å². The summed E-state index contributed by atoms with van der Waals surface area (Å²) in [7, 11) is 0. The van der Waals surface area contributed by atoms with E-state index in [1.54, 1.807) is 0 Å². The molecule has 1 aromatic carbocycles. The summed E-state index contributed by atoms with van der Waals surface area (Å²) in [4.78, 5) is 0. The van der Waals surface area contributed by atoms with Crippen molar-refractivity contribution < 1.29 is 0 Å². The van der Waals surface area contributed by atoms with E-state index in [2.05, 4.69) is 19.1 Å². The van der Waals surface area contributed by atoms with E-state index < -0.39 is 0 Å². The van der Waals surface area contributed by atoms with E-state index in [0.717, 1.165) is 17.5 Å². The number of hydrogen-bond acceptors (Lipinski definition) is 1. The Labute approximate surface area is 103 Å². The van der Waals surface area contributed by atoms with Crippen molar-refractivity contribution in [2.45, 2.75) is 32.1 Å². The zero-order valence-corrected chi connectivity index (χ0v) is 10.6. The Morgan fingerprint density at radius 3 is 2.88 bits per heavy atom. The Bertz CT molecular complexity index is 350. The fraction of sp³-hybridized carbons (Fsp3) is 0.571. The number of nitrogens with two attached hydrogens (primary N) is 1. The van der Waals surface area contributed by atoms with Crippen LogP contribution in [-0.2, 0) is 0 Å². The van der Waals surface area contributed by atoms with Gasteiger partial charge in [-0.1, -0.05) is 37.1 Å². The molecule has 16 heavy (non-hydrogen) atoms. The van der Waals surface area contributed by atoms with Crippen LogP contribution in [-0.4, -0.2) is 6.54 Å². The van der Waals surface area contributed by atoms with E-state index in [1.165, 1.54) is 24.8 Å². The Morgan fingerprint density at radius 1 is 1.38 bits per heavy atom. The molecule has 0 radical (unpaired) electrons. The van der Waals surface area contributed by atoms with Crippen LogP contribution in [0.5, 0.6) is 0 Å². The molecule has 2 rings (SSSR count). The molecule has 1 nitrogen and oxygen atoms in total. The molecule has 88 valence electrons. The zero-order chi connectivity index (χ0) is 11.5. The first-order valence-corrected chi connectivity index (χ1v) is 6.54. The first kappa shape index (κ1) is 11.9. The van der Waals surface area contributed by atoms with Gasteiger partial charge in [0.15, 0.2) is 0 Å². The molecule has 0 saturated heterocycles. The second kappa shape index (κ2) is 5.20. The highest BCUT2D eigenvalue weighted by molar-refractivity contribution is 6.30. The van der Waals surface area contributed by atoms with E-state index in [4.69, 9.17) is 17.3 Å². The molecule has 3 atom stereocenters. The maximum atomic E-state index is 6.06. The summed E-state index contributed by atoms with van der Waals surface area (Å²) in [5.41, 5.74) is 7.25. The number of hydrogen-bond donors (Lipinski definition) is 1. The molecule has 1 saturated carbocycles. The second-order valence-corrected chi connectivity index (χ2v) is 5.51. The van der Waals surface area contributed by atoms with Crippen molar-refractivity contribution in [1.82, 2.24) is 0 Å². The smallest absolute Gasteiger partial charge is 0.0408 e. The van der Waals surface area contributed by atoms with Gasteiger partial charge >= 0.3 is 0 Å². The molecule has 2 heteroatoms. The fourth-order valence-electron chi connectivity index (χ4n) is 2.87. The highest BCUT2D eigenvalue weighted by atomic mass is 35.5. The summed E-state index contributed by atoms with van der Waals surface area (Å²) in [6.45, 7) is 3.13. The van der Waals surface area contributed by atoms with Gasteiger partial charge < -0.3 is 5.73 Å². The van der Waals surface area contributed by atoms with Gasteiger partial charge in [0.25, 0.3) is 0 Å². The summed E-state index contributed by atoms with van der Waals surface area (Å²) in [5, 5.41) is 0.839. The van der Waals surface area contributed by atoms with Crippen LogP contribution in [0.1, 0.15) is 37.7 Å². The molecule has 1 aliphatic carbocycles. The lowest BCUT2D eigenvalue weighted by Gasteiger charge is -2.34. The monoisotopic (exact) mass is 237 g/mol. The molecule has 3 unspecified atom stereocenters. The van der Waals surface area contributed by atoms with Crippen molar-refractivity contribution in [3.63, 3.8) is 0 Å². The van der Waals surface area contributed by atoms with Crippen LogP contribution in [0.4, 0.5) is 0 Å². The lowest BCUT2D eigenvalue weighted by molar-refractivity contribution is 0.254. The molecule has 0 bridgehead atoms. The van der Waals surface area contributed by atoms with Gasteiger partial charge in [0.1, 0.15) is 0 Å². The molecule has 0 amide bonds. The van der Waals surface area contributed by atoms with Crippen molar-refractivity contribution in [2.75, 3.05) is 6.54 Å². The zero-order valence-electron chi connectivity index (χ0n) is 9.83. The number of halogens is 1. The first-order chi connectivity index (χ1) is 7.70. The van der Waals surface area contributed by atoms with Crippen LogP contribution >= 0.6 is 11.6 Å². The highest BCUT2D eigenvalue weighted by Crippen LogP contribution is 2.40. The van der Waals surface area contributed by atoms with Gasteiger partial charge in [-0.15, -0.1) is 0 Å². The molecule has 0 aromatic heterocycles. The summed E-state index contributed by atoms with van der Waals surface area (Å²) >= 11 is 6.06. The largest absolute Gasteiger partial charge is 0.330 e. The third-order valence-electron chi connectivity index (χ3n) is 3.84. The number of rotatable bonds is 2. The maximum Gasteiger partial charge on any atom is 0.0408 e. The normalized spacial score (nSPS) is 30.3. The van der Waals surface area contributed by atoms with Crippen molar-refractivity contribution in [2.24, 2.45) is 17.6 Å². The molecular formula is C14H20ClN. The van der Waals surface area contributed by atoms with E-state index in [9.17, 15) is 0 Å². The minimum Gasteiger partial charge on any atom is -0.330 e. The molecule has 0 heterocycles. The SMILES string of the molecule is CC1CCC(CN)C(c2cccc(Cl)c2)C1. The van der Waals surface area contributed by atoms with Crippen molar-refractivity contribution in [1.29, 1.82) is 0 Å².